The van der Waals surface area contributed by atoms with Crippen molar-refractivity contribution in [1.29, 1.82) is 0 Å². The highest BCUT2D eigenvalue weighted by Gasteiger charge is 2.35. The van der Waals surface area contributed by atoms with Crippen LogP contribution in [0.2, 0.25) is 0 Å². The highest BCUT2D eigenvalue weighted by atomic mass is 32.1. The second kappa shape index (κ2) is 9.19. The minimum atomic E-state index is -0.0526. The van der Waals surface area contributed by atoms with Gasteiger partial charge in [-0.1, -0.05) is 111 Å². The molecule has 0 N–H and O–H groups in total. The van der Waals surface area contributed by atoms with Crippen molar-refractivity contribution in [3.05, 3.63) is 151 Å². The molecule has 0 bridgehead atoms. The summed E-state index contributed by atoms with van der Waals surface area (Å²) in [7, 11) is 0. The van der Waals surface area contributed by atoms with Gasteiger partial charge in [0.1, 0.15) is 0 Å². The van der Waals surface area contributed by atoms with Crippen LogP contribution < -0.4 is 4.90 Å². The summed E-state index contributed by atoms with van der Waals surface area (Å²) in [5.41, 5.74) is 11.4. The molecule has 0 fully saturated rings. The maximum atomic E-state index is 2.40. The SMILES string of the molecule is CC1(C)c2ccccc2-c2ccc(N(c3ccccc3)c3cccc(-c4cccc5c4sc4ccccc45)c3)cc21. The highest BCUT2D eigenvalue weighted by molar-refractivity contribution is 7.26. The van der Waals surface area contributed by atoms with E-state index < -0.39 is 0 Å². The second-order valence-corrected chi connectivity index (χ2v) is 12.5. The fourth-order valence-corrected chi connectivity index (χ4v) is 7.88. The number of para-hydroxylation sites is 1. The molecule has 0 radical (unpaired) electrons. The van der Waals surface area contributed by atoms with Crippen LogP contribution in [0.15, 0.2) is 140 Å². The Kier molecular flexibility index (Phi) is 5.42. The summed E-state index contributed by atoms with van der Waals surface area (Å²) in [6, 6.07) is 51.0. The largest absolute Gasteiger partial charge is 0.310 e. The van der Waals surface area contributed by atoms with Crippen LogP contribution in [0.3, 0.4) is 0 Å². The van der Waals surface area contributed by atoms with E-state index in [0.717, 1.165) is 11.4 Å². The van der Waals surface area contributed by atoms with Gasteiger partial charge < -0.3 is 4.90 Å². The molecule has 0 spiro atoms. The van der Waals surface area contributed by atoms with Crippen LogP contribution in [0.25, 0.3) is 42.4 Å². The molecule has 1 aliphatic carbocycles. The van der Waals surface area contributed by atoms with E-state index in [1.807, 2.05) is 11.3 Å². The van der Waals surface area contributed by atoms with E-state index in [-0.39, 0.29) is 5.41 Å². The molecule has 8 rings (SSSR count). The van der Waals surface area contributed by atoms with Crippen LogP contribution >= 0.6 is 11.3 Å². The average Bonchev–Trinajstić information content (AvgIpc) is 3.51. The van der Waals surface area contributed by atoms with Gasteiger partial charge >= 0.3 is 0 Å². The summed E-state index contributed by atoms with van der Waals surface area (Å²) < 4.78 is 2.67. The van der Waals surface area contributed by atoms with Crippen molar-refractivity contribution in [2.45, 2.75) is 19.3 Å². The normalized spacial score (nSPS) is 13.3. The fraction of sp³-hybridized carbons (Fsp3) is 0.0769. The monoisotopic (exact) mass is 543 g/mol. The molecule has 1 aliphatic rings. The molecule has 6 aromatic carbocycles. The second-order valence-electron chi connectivity index (χ2n) is 11.4. The van der Waals surface area contributed by atoms with Crippen LogP contribution in [-0.2, 0) is 5.41 Å². The maximum absolute atomic E-state index is 2.40. The first-order valence-electron chi connectivity index (χ1n) is 14.2. The van der Waals surface area contributed by atoms with E-state index in [4.69, 9.17) is 0 Å². The fourth-order valence-electron chi connectivity index (χ4n) is 6.64. The number of benzene rings is 6. The van der Waals surface area contributed by atoms with Crippen molar-refractivity contribution in [1.82, 2.24) is 0 Å². The van der Waals surface area contributed by atoms with Gasteiger partial charge in [-0.25, -0.2) is 0 Å². The summed E-state index contributed by atoms with van der Waals surface area (Å²) >= 11 is 1.88. The Morgan fingerprint density at radius 1 is 0.488 bits per heavy atom. The van der Waals surface area contributed by atoms with E-state index in [1.165, 1.54) is 59.2 Å². The van der Waals surface area contributed by atoms with Gasteiger partial charge in [0.25, 0.3) is 0 Å². The molecule has 196 valence electrons. The van der Waals surface area contributed by atoms with Gasteiger partial charge in [0, 0.05) is 42.6 Å². The lowest BCUT2D eigenvalue weighted by Crippen LogP contribution is -2.16. The number of anilines is 3. The van der Waals surface area contributed by atoms with Gasteiger partial charge in [0.2, 0.25) is 0 Å². The highest BCUT2D eigenvalue weighted by Crippen LogP contribution is 2.50. The molecule has 41 heavy (non-hydrogen) atoms. The van der Waals surface area contributed by atoms with Gasteiger partial charge in [-0.3, -0.25) is 0 Å². The average molecular weight is 544 g/mol. The molecule has 0 amide bonds. The van der Waals surface area contributed by atoms with Gasteiger partial charge in [0.15, 0.2) is 0 Å². The molecule has 0 saturated carbocycles. The number of thiophene rings is 1. The molecule has 2 heteroatoms. The summed E-state index contributed by atoms with van der Waals surface area (Å²) in [4.78, 5) is 2.40. The van der Waals surface area contributed by atoms with Crippen LogP contribution in [0, 0.1) is 0 Å². The van der Waals surface area contributed by atoms with E-state index in [1.54, 1.807) is 0 Å². The Morgan fingerprint density at radius 3 is 2.05 bits per heavy atom. The molecule has 1 aromatic heterocycles. The molecular weight excluding hydrogens is 515 g/mol. The van der Waals surface area contributed by atoms with Crippen LogP contribution in [0.4, 0.5) is 17.1 Å². The number of hydrogen-bond acceptors (Lipinski definition) is 2. The van der Waals surface area contributed by atoms with Gasteiger partial charge in [-0.2, -0.15) is 0 Å². The molecule has 1 nitrogen and oxygen atoms in total. The van der Waals surface area contributed by atoms with Crippen molar-refractivity contribution in [3.63, 3.8) is 0 Å². The van der Waals surface area contributed by atoms with Gasteiger partial charge in [0.05, 0.1) is 0 Å². The standard InChI is InChI=1S/C39H29NS/c1-39(2)35-20-8-6-16-31(35)32-23-22-29(25-36(32)39)40(27-13-4-3-5-14-27)28-15-10-12-26(24-28)30-18-11-19-34-33-17-7-9-21-37(33)41-38(30)34/h3-25H,1-2H3. The van der Waals surface area contributed by atoms with Crippen LogP contribution in [0.5, 0.6) is 0 Å². The lowest BCUT2D eigenvalue weighted by molar-refractivity contribution is 0.660. The van der Waals surface area contributed by atoms with E-state index >= 15 is 0 Å². The van der Waals surface area contributed by atoms with Gasteiger partial charge in [-0.05, 0) is 75.8 Å². The number of hydrogen-bond donors (Lipinski definition) is 0. The summed E-state index contributed by atoms with van der Waals surface area (Å²) in [6.45, 7) is 4.70. The van der Waals surface area contributed by atoms with Crippen molar-refractivity contribution < 1.29 is 0 Å². The first-order valence-corrected chi connectivity index (χ1v) is 15.0. The molecule has 0 atom stereocenters. The lowest BCUT2D eigenvalue weighted by atomic mass is 9.82. The molecular formula is C39H29NS. The molecule has 1 heterocycles. The Hall–Kier alpha value is -4.66. The summed E-state index contributed by atoms with van der Waals surface area (Å²) in [5, 5.41) is 2.66. The number of fused-ring (bicyclic) bond motifs is 6. The van der Waals surface area contributed by atoms with E-state index in [2.05, 4.69) is 158 Å². The third-order valence-electron chi connectivity index (χ3n) is 8.66. The van der Waals surface area contributed by atoms with Gasteiger partial charge in [-0.15, -0.1) is 11.3 Å². The molecule has 0 unspecified atom stereocenters. The van der Waals surface area contributed by atoms with Crippen LogP contribution in [0.1, 0.15) is 25.0 Å². The zero-order chi connectivity index (χ0) is 27.6. The Bertz CT molecular complexity index is 2080. The number of nitrogens with zero attached hydrogens (tertiary/aromatic N) is 1. The smallest absolute Gasteiger partial charge is 0.0467 e. The zero-order valence-electron chi connectivity index (χ0n) is 23.1. The lowest BCUT2D eigenvalue weighted by Gasteiger charge is -2.28. The molecule has 0 saturated heterocycles. The Labute approximate surface area is 245 Å². The predicted molar refractivity (Wildman–Crippen MR) is 177 cm³/mol. The predicted octanol–water partition coefficient (Wildman–Crippen LogP) is 11.5. The van der Waals surface area contributed by atoms with Crippen molar-refractivity contribution in [2.24, 2.45) is 0 Å². The first kappa shape index (κ1) is 24.2. The Morgan fingerprint density at radius 2 is 1.15 bits per heavy atom. The van der Waals surface area contributed by atoms with Crippen LogP contribution in [-0.4, -0.2) is 0 Å². The molecule has 7 aromatic rings. The Balaban J connectivity index is 1.30. The topological polar surface area (TPSA) is 3.24 Å². The summed E-state index contributed by atoms with van der Waals surface area (Å²) in [6.07, 6.45) is 0. The van der Waals surface area contributed by atoms with E-state index in [9.17, 15) is 0 Å². The van der Waals surface area contributed by atoms with Crippen molar-refractivity contribution >= 4 is 48.6 Å². The molecule has 0 aliphatic heterocycles. The minimum Gasteiger partial charge on any atom is -0.310 e. The zero-order valence-corrected chi connectivity index (χ0v) is 24.0. The van der Waals surface area contributed by atoms with E-state index in [0.29, 0.717) is 0 Å². The third kappa shape index (κ3) is 3.75. The van der Waals surface area contributed by atoms with Crippen molar-refractivity contribution in [3.8, 4) is 22.3 Å². The minimum absolute atomic E-state index is 0.0526. The summed E-state index contributed by atoms with van der Waals surface area (Å²) in [5.74, 6) is 0. The number of rotatable bonds is 4. The van der Waals surface area contributed by atoms with Crippen molar-refractivity contribution in [2.75, 3.05) is 4.90 Å². The maximum Gasteiger partial charge on any atom is 0.0467 e. The third-order valence-corrected chi connectivity index (χ3v) is 9.88. The first-order chi connectivity index (χ1) is 20.1. The quantitative estimate of drug-likeness (QED) is 0.213.